The molecule has 1 amide bonds. The molecule has 1 aromatic heterocycles. The molecule has 0 bridgehead atoms. The first-order valence-corrected chi connectivity index (χ1v) is 14.2. The minimum atomic E-state index is -0.675. The van der Waals surface area contributed by atoms with Gasteiger partial charge in [0.25, 0.3) is 5.91 Å². The first kappa shape index (κ1) is 29.8. The third kappa shape index (κ3) is 5.65. The monoisotopic (exact) mass is 575 g/mol. The van der Waals surface area contributed by atoms with Crippen LogP contribution in [0.2, 0.25) is 0 Å². The van der Waals surface area contributed by atoms with Gasteiger partial charge in [-0.3, -0.25) is 14.6 Å². The average molecular weight is 576 g/mol. The number of benzene rings is 1. The van der Waals surface area contributed by atoms with Crippen LogP contribution in [0.1, 0.15) is 62.0 Å². The van der Waals surface area contributed by atoms with Crippen molar-refractivity contribution in [2.75, 3.05) is 27.3 Å². The Morgan fingerprint density at radius 1 is 1.23 bits per heavy atom. The lowest BCUT2D eigenvalue weighted by atomic mass is 9.84. The number of hydrogen-bond acceptors (Lipinski definition) is 9. The molecule has 2 heterocycles. The predicted octanol–water partition coefficient (Wildman–Crippen LogP) is 4.51. The van der Waals surface area contributed by atoms with Crippen molar-refractivity contribution in [3.05, 3.63) is 63.1 Å². The van der Waals surface area contributed by atoms with Crippen LogP contribution in [0.15, 0.2) is 35.9 Å². The van der Waals surface area contributed by atoms with Crippen LogP contribution in [0.25, 0.3) is 5.57 Å². The number of allylic oxidation sites excluding steroid dienone is 2. The molecule has 1 aromatic carbocycles. The van der Waals surface area contributed by atoms with E-state index in [-0.39, 0.29) is 29.6 Å². The molecule has 1 spiro atoms. The van der Waals surface area contributed by atoms with Gasteiger partial charge in [0.05, 0.1) is 18.8 Å². The number of amides is 1. The van der Waals surface area contributed by atoms with Crippen LogP contribution in [-0.4, -0.2) is 76.4 Å². The van der Waals surface area contributed by atoms with E-state index in [0.717, 1.165) is 30.2 Å². The standard InChI is InChI=1S/C28H35F2N5O4S/c1-6-34-27(37)25(18(3)38-5)35(33(4)28(34)12-10-22(11-13-28)39-7-2)16-20(17-36)26-32-31-24(40-26)14-19-8-9-21(29)15-23(19)30/h8-9,15-17,22H,6-7,10-14H2,1-5H3/b20-16+,25-18+/t22-,28-. The lowest BCUT2D eigenvalue weighted by molar-refractivity contribution is -0.197. The van der Waals surface area contributed by atoms with Crippen LogP contribution in [0.4, 0.5) is 8.78 Å². The van der Waals surface area contributed by atoms with E-state index < -0.39 is 17.3 Å². The van der Waals surface area contributed by atoms with Crippen LogP contribution in [0, 0.1) is 11.6 Å². The van der Waals surface area contributed by atoms with Crippen molar-refractivity contribution in [1.82, 2.24) is 25.1 Å². The van der Waals surface area contributed by atoms with E-state index in [4.69, 9.17) is 9.47 Å². The van der Waals surface area contributed by atoms with Gasteiger partial charge in [0.2, 0.25) is 0 Å². The largest absolute Gasteiger partial charge is 0.499 e. The Kier molecular flexibility index (Phi) is 9.32. The number of hydrogen-bond donors (Lipinski definition) is 0. The first-order valence-electron chi connectivity index (χ1n) is 13.3. The summed E-state index contributed by atoms with van der Waals surface area (Å²) in [6.45, 7) is 6.78. The van der Waals surface area contributed by atoms with Gasteiger partial charge in [0.1, 0.15) is 28.1 Å². The number of aromatic nitrogens is 2. The van der Waals surface area contributed by atoms with E-state index in [1.165, 1.54) is 19.2 Å². The van der Waals surface area contributed by atoms with Crippen molar-refractivity contribution in [1.29, 1.82) is 0 Å². The van der Waals surface area contributed by atoms with E-state index in [0.29, 0.717) is 53.8 Å². The molecule has 0 radical (unpaired) electrons. The Morgan fingerprint density at radius 3 is 2.55 bits per heavy atom. The number of aldehydes is 1. The van der Waals surface area contributed by atoms with E-state index in [9.17, 15) is 18.4 Å². The van der Waals surface area contributed by atoms with Crippen molar-refractivity contribution in [3.63, 3.8) is 0 Å². The lowest BCUT2D eigenvalue weighted by Crippen LogP contribution is -2.71. The number of rotatable bonds is 9. The van der Waals surface area contributed by atoms with E-state index >= 15 is 0 Å². The summed E-state index contributed by atoms with van der Waals surface area (Å²) in [5, 5.41) is 12.7. The molecule has 1 saturated heterocycles. The summed E-state index contributed by atoms with van der Waals surface area (Å²) in [5.41, 5.74) is 0.148. The number of carbonyl (C=O) groups is 2. The van der Waals surface area contributed by atoms with Crippen LogP contribution in [0.5, 0.6) is 0 Å². The van der Waals surface area contributed by atoms with Gasteiger partial charge >= 0.3 is 0 Å². The smallest absolute Gasteiger partial charge is 0.276 e. The normalized spacial score (nSPS) is 23.6. The Balaban J connectivity index is 1.71. The number of ether oxygens (including phenoxy) is 2. The summed E-state index contributed by atoms with van der Waals surface area (Å²) < 4.78 is 38.9. The molecular weight excluding hydrogens is 540 g/mol. The quantitative estimate of drug-likeness (QED) is 0.245. The molecule has 216 valence electrons. The van der Waals surface area contributed by atoms with Gasteiger partial charge < -0.3 is 14.4 Å². The molecule has 4 rings (SSSR count). The average Bonchev–Trinajstić information content (AvgIpc) is 3.41. The van der Waals surface area contributed by atoms with Crippen LogP contribution in [0.3, 0.4) is 0 Å². The summed E-state index contributed by atoms with van der Waals surface area (Å²) >= 11 is 1.13. The predicted molar refractivity (Wildman–Crippen MR) is 146 cm³/mol. The van der Waals surface area contributed by atoms with Gasteiger partial charge in [0, 0.05) is 38.9 Å². The Labute approximate surface area is 237 Å². The fourth-order valence-corrected chi connectivity index (χ4v) is 6.36. The van der Waals surface area contributed by atoms with Gasteiger partial charge in [-0.05, 0) is 58.1 Å². The van der Waals surface area contributed by atoms with Crippen molar-refractivity contribution in [3.8, 4) is 0 Å². The maximum absolute atomic E-state index is 14.2. The molecule has 1 aliphatic carbocycles. The van der Waals surface area contributed by atoms with E-state index in [1.807, 2.05) is 30.8 Å². The highest BCUT2D eigenvalue weighted by Gasteiger charge is 2.53. The third-order valence-corrected chi connectivity index (χ3v) is 8.63. The van der Waals surface area contributed by atoms with Gasteiger partial charge in [-0.15, -0.1) is 10.2 Å². The summed E-state index contributed by atoms with van der Waals surface area (Å²) in [7, 11) is 3.40. The first-order chi connectivity index (χ1) is 19.2. The maximum Gasteiger partial charge on any atom is 0.276 e. The molecule has 12 heteroatoms. The van der Waals surface area contributed by atoms with Crippen molar-refractivity contribution < 1.29 is 27.8 Å². The maximum atomic E-state index is 14.2. The zero-order valence-electron chi connectivity index (χ0n) is 23.4. The Hall–Kier alpha value is -3.22. The molecule has 2 aromatic rings. The molecule has 2 aliphatic rings. The second-order valence-corrected chi connectivity index (χ2v) is 10.8. The number of likely N-dealkylation sites (N-methyl/N-ethyl adjacent to an activating group) is 1. The fourth-order valence-electron chi connectivity index (χ4n) is 5.52. The van der Waals surface area contributed by atoms with Gasteiger partial charge in [0.15, 0.2) is 17.0 Å². The molecule has 40 heavy (non-hydrogen) atoms. The topological polar surface area (TPSA) is 88.1 Å². The molecule has 0 unspecified atom stereocenters. The van der Waals surface area contributed by atoms with Crippen LogP contribution in [-0.2, 0) is 25.5 Å². The number of nitrogens with zero attached hydrogens (tertiary/aromatic N) is 5. The van der Waals surface area contributed by atoms with Crippen molar-refractivity contribution in [2.24, 2.45) is 0 Å². The molecule has 0 N–H and O–H groups in total. The SMILES string of the molecule is CCO[C@H]1CC[C@@]2(CC1)N(CC)C(=O)/C(=C(/C)OC)N(/C=C(\C=O)c1nnc(Cc3ccc(F)cc3F)s1)N2C. The Morgan fingerprint density at radius 2 is 1.95 bits per heavy atom. The molecule has 0 atom stereocenters. The summed E-state index contributed by atoms with van der Waals surface area (Å²) in [5.74, 6) is -1.13. The minimum Gasteiger partial charge on any atom is -0.499 e. The van der Waals surface area contributed by atoms with E-state index in [2.05, 4.69) is 10.2 Å². The van der Waals surface area contributed by atoms with Crippen LogP contribution < -0.4 is 0 Å². The zero-order valence-corrected chi connectivity index (χ0v) is 24.3. The highest BCUT2D eigenvalue weighted by molar-refractivity contribution is 7.12. The zero-order chi connectivity index (χ0) is 29.0. The summed E-state index contributed by atoms with van der Waals surface area (Å²) in [6, 6.07) is 3.37. The second kappa shape index (κ2) is 12.5. The Bertz CT molecular complexity index is 1310. The lowest BCUT2D eigenvalue weighted by Gasteiger charge is -2.59. The number of hydrazine groups is 1. The van der Waals surface area contributed by atoms with Gasteiger partial charge in [-0.2, -0.15) is 5.01 Å². The highest BCUT2D eigenvalue weighted by Crippen LogP contribution is 2.43. The molecule has 2 fully saturated rings. The van der Waals surface area contributed by atoms with Crippen molar-refractivity contribution >= 4 is 29.1 Å². The highest BCUT2D eigenvalue weighted by atomic mass is 32.1. The summed E-state index contributed by atoms with van der Waals surface area (Å²) in [4.78, 5) is 28.2. The number of carbonyl (C=O) groups excluding carboxylic acids is 2. The molecular formula is C28H35F2N5O4S. The number of methoxy groups -OCH3 is 1. The fraction of sp³-hybridized carbons (Fsp3) is 0.500. The third-order valence-electron chi connectivity index (χ3n) is 7.66. The second-order valence-electron chi connectivity index (χ2n) is 9.78. The minimum absolute atomic E-state index is 0.0987. The van der Waals surface area contributed by atoms with Crippen molar-refractivity contribution in [2.45, 2.75) is 64.6 Å². The molecule has 1 aliphatic heterocycles. The van der Waals surface area contributed by atoms with E-state index in [1.54, 1.807) is 18.1 Å². The van der Waals surface area contributed by atoms with Gasteiger partial charge in [-0.25, -0.2) is 8.78 Å². The molecule has 1 saturated carbocycles. The summed E-state index contributed by atoms with van der Waals surface area (Å²) in [6.07, 6.45) is 5.45. The molecule has 9 nitrogen and oxygen atoms in total. The van der Waals surface area contributed by atoms with Crippen LogP contribution >= 0.6 is 11.3 Å². The number of halogens is 2. The van der Waals surface area contributed by atoms with Gasteiger partial charge in [-0.1, -0.05) is 17.4 Å².